The van der Waals surface area contributed by atoms with Gasteiger partial charge >= 0.3 is 0 Å². The van der Waals surface area contributed by atoms with Gasteiger partial charge in [0.1, 0.15) is 13.1 Å². The molecule has 3 rings (SSSR count). The molecule has 0 unspecified atom stereocenters. The maximum Gasteiger partial charge on any atom is 0.171 e. The summed E-state index contributed by atoms with van der Waals surface area (Å²) < 4.78 is 0.742. The molecule has 0 aliphatic heterocycles. The third-order valence-electron chi connectivity index (χ3n) is 3.87. The zero-order valence-electron chi connectivity index (χ0n) is 13.9. The third kappa shape index (κ3) is 3.63. The first kappa shape index (κ1) is 17.0. The van der Waals surface area contributed by atoms with Crippen LogP contribution in [0.4, 0.5) is 11.5 Å². The van der Waals surface area contributed by atoms with Crippen molar-refractivity contribution in [1.82, 2.24) is 9.97 Å². The van der Waals surface area contributed by atoms with E-state index in [9.17, 15) is 0 Å². The van der Waals surface area contributed by atoms with Crippen molar-refractivity contribution in [3.05, 3.63) is 52.0 Å². The van der Waals surface area contributed by atoms with Crippen LogP contribution in [0.5, 0.6) is 0 Å². The van der Waals surface area contributed by atoms with Crippen LogP contribution in [0, 0.1) is 6.92 Å². The molecule has 1 aromatic carbocycles. The molecule has 0 atom stereocenters. The van der Waals surface area contributed by atoms with Gasteiger partial charge in [0.15, 0.2) is 5.82 Å². The van der Waals surface area contributed by atoms with Crippen LogP contribution in [0.3, 0.4) is 0 Å². The van der Waals surface area contributed by atoms with Crippen LogP contribution in [0.2, 0.25) is 11.2 Å². The van der Waals surface area contributed by atoms with E-state index in [0.717, 1.165) is 38.4 Å². The van der Waals surface area contributed by atoms with E-state index in [0.29, 0.717) is 5.82 Å². The Labute approximate surface area is 152 Å². The number of hydrogen-bond acceptors (Lipinski definition) is 4. The smallest absolute Gasteiger partial charge is 0.171 e. The molecule has 2 aromatic heterocycles. The number of nitrogens with one attached hydrogen (secondary N) is 1. The molecule has 3 aromatic rings. The van der Waals surface area contributed by atoms with Gasteiger partial charge in [0.05, 0.1) is 9.21 Å². The Morgan fingerprint density at radius 1 is 1.12 bits per heavy atom. The van der Waals surface area contributed by atoms with Crippen molar-refractivity contribution >= 4 is 47.2 Å². The Morgan fingerprint density at radius 3 is 2.46 bits per heavy atom. The number of rotatable bonds is 5. The van der Waals surface area contributed by atoms with E-state index in [2.05, 4.69) is 48.8 Å². The average molecular weight is 355 g/mol. The Morgan fingerprint density at radius 2 is 1.88 bits per heavy atom. The maximum atomic E-state index is 6.05. The molecule has 24 heavy (non-hydrogen) atoms. The molecule has 0 aliphatic carbocycles. The highest BCUT2D eigenvalue weighted by molar-refractivity contribution is 7.19. The summed E-state index contributed by atoms with van der Waals surface area (Å²) in [7, 11) is 2.08. The molecule has 0 saturated carbocycles. The topological polar surface area (TPSA) is 37.8 Å². The minimum Gasteiger partial charge on any atom is -0.340 e. The average Bonchev–Trinajstić information content (AvgIpc) is 3.02. The van der Waals surface area contributed by atoms with Gasteiger partial charge in [-0.3, -0.25) is 0 Å². The molecule has 1 N–H and O–H groups in total. The number of aromatic nitrogens is 2. The van der Waals surface area contributed by atoms with E-state index in [1.807, 2.05) is 25.9 Å². The molecule has 6 heteroatoms. The van der Waals surface area contributed by atoms with Crippen LogP contribution >= 0.6 is 22.9 Å². The van der Waals surface area contributed by atoms with Crippen LogP contribution in [-0.2, 0) is 6.42 Å². The molecule has 0 amide bonds. The largest absolute Gasteiger partial charge is 0.340 e. The third-order valence-corrected chi connectivity index (χ3v) is 5.09. The second-order valence-electron chi connectivity index (χ2n) is 5.45. The molecule has 2 heterocycles. The fourth-order valence-electron chi connectivity index (χ4n) is 2.56. The number of halogens is 1. The van der Waals surface area contributed by atoms with E-state index in [1.54, 1.807) is 0 Å². The number of benzene rings is 1. The summed E-state index contributed by atoms with van der Waals surface area (Å²) in [6.45, 7) is 6.18. The van der Waals surface area contributed by atoms with E-state index >= 15 is 0 Å². The summed E-state index contributed by atoms with van der Waals surface area (Å²) in [5, 5.41) is 3.44. The van der Waals surface area contributed by atoms with Crippen molar-refractivity contribution in [3.63, 3.8) is 0 Å². The molecule has 121 valence electrons. The quantitative estimate of drug-likeness (QED) is 0.665. The fourth-order valence-corrected chi connectivity index (χ4v) is 3.54. The highest BCUT2D eigenvalue weighted by atomic mass is 35.5. The summed E-state index contributed by atoms with van der Waals surface area (Å²) in [5.74, 6) is 1.57. The molecule has 1 radical (unpaired) electrons. The predicted molar refractivity (Wildman–Crippen MR) is 105 cm³/mol. The molecule has 0 spiro atoms. The van der Waals surface area contributed by atoms with Crippen molar-refractivity contribution in [2.75, 3.05) is 5.32 Å². The Kier molecular flexibility index (Phi) is 5.22. The standard InChI is InChI=1S/C18H18BClN3S/c1-4-14-11(2)21-18(15-9-10-16(20)24-15)23-17(14)22-13-7-5-12(19-3)6-8-13/h5-10H,4H2,1-3H3,(H,21,22,23). The first-order valence-corrected chi connectivity index (χ1v) is 9.09. The molecule has 0 bridgehead atoms. The number of anilines is 2. The van der Waals surface area contributed by atoms with Gasteiger partial charge in [-0.15, -0.1) is 11.3 Å². The van der Waals surface area contributed by atoms with Crippen LogP contribution in [-0.4, -0.2) is 17.2 Å². The van der Waals surface area contributed by atoms with Gasteiger partial charge in [0, 0.05) is 16.9 Å². The molecule has 0 fully saturated rings. The minimum atomic E-state index is 0.711. The lowest BCUT2D eigenvalue weighted by Crippen LogP contribution is -2.10. The highest BCUT2D eigenvalue weighted by Crippen LogP contribution is 2.31. The number of hydrogen-bond donors (Lipinski definition) is 1. The molecular weight excluding hydrogens is 337 g/mol. The SMILES string of the molecule is C[B]c1ccc(Nc2nc(-c3ccc(Cl)s3)nc(C)c2CC)cc1. The van der Waals surface area contributed by atoms with Crippen molar-refractivity contribution < 1.29 is 0 Å². The monoisotopic (exact) mass is 354 g/mol. The van der Waals surface area contributed by atoms with Crippen LogP contribution in [0.15, 0.2) is 36.4 Å². The second-order valence-corrected chi connectivity index (χ2v) is 7.17. The van der Waals surface area contributed by atoms with Crippen molar-refractivity contribution in [2.24, 2.45) is 0 Å². The lowest BCUT2D eigenvalue weighted by Gasteiger charge is -2.14. The van der Waals surface area contributed by atoms with Gasteiger partial charge < -0.3 is 5.32 Å². The summed E-state index contributed by atoms with van der Waals surface area (Å²) in [6.07, 6.45) is 0.875. The van der Waals surface area contributed by atoms with Crippen LogP contribution in [0.1, 0.15) is 18.2 Å². The fraction of sp³-hybridized carbons (Fsp3) is 0.222. The lowest BCUT2D eigenvalue weighted by molar-refractivity contribution is 1.01. The van der Waals surface area contributed by atoms with E-state index in [4.69, 9.17) is 16.6 Å². The minimum absolute atomic E-state index is 0.711. The van der Waals surface area contributed by atoms with Crippen LogP contribution < -0.4 is 10.8 Å². The molecular formula is C18H18BClN3S. The Balaban J connectivity index is 1.99. The number of thiophene rings is 1. The summed E-state index contributed by atoms with van der Waals surface area (Å²) in [4.78, 5) is 10.4. The van der Waals surface area contributed by atoms with Gasteiger partial charge in [-0.25, -0.2) is 9.97 Å². The lowest BCUT2D eigenvalue weighted by atomic mass is 9.73. The first-order chi connectivity index (χ1) is 11.6. The van der Waals surface area contributed by atoms with E-state index in [1.165, 1.54) is 16.8 Å². The Hall–Kier alpha value is -1.85. The predicted octanol–water partition coefficient (Wildman–Crippen LogP) is 4.85. The van der Waals surface area contributed by atoms with Gasteiger partial charge in [-0.1, -0.05) is 42.9 Å². The van der Waals surface area contributed by atoms with Crippen molar-refractivity contribution in [3.8, 4) is 10.7 Å². The normalized spacial score (nSPS) is 10.7. The van der Waals surface area contributed by atoms with Gasteiger partial charge in [0.2, 0.25) is 0 Å². The Bertz CT molecular complexity index is 846. The zero-order valence-corrected chi connectivity index (χ0v) is 15.5. The summed E-state index contributed by atoms with van der Waals surface area (Å²) in [5.41, 5.74) is 4.34. The number of nitrogens with zero attached hydrogens (tertiary/aromatic N) is 2. The molecule has 3 nitrogen and oxygen atoms in total. The zero-order chi connectivity index (χ0) is 17.1. The summed E-state index contributed by atoms with van der Waals surface area (Å²) >= 11 is 7.54. The van der Waals surface area contributed by atoms with Gasteiger partial charge in [-0.2, -0.15) is 0 Å². The van der Waals surface area contributed by atoms with E-state index < -0.39 is 0 Å². The molecule has 0 saturated heterocycles. The van der Waals surface area contributed by atoms with Gasteiger partial charge in [-0.05, 0) is 37.6 Å². The van der Waals surface area contributed by atoms with Crippen LogP contribution in [0.25, 0.3) is 10.7 Å². The van der Waals surface area contributed by atoms with E-state index in [-0.39, 0.29) is 0 Å². The summed E-state index contributed by atoms with van der Waals surface area (Å²) in [6, 6.07) is 12.1. The molecule has 0 aliphatic rings. The van der Waals surface area contributed by atoms with Crippen molar-refractivity contribution in [2.45, 2.75) is 27.1 Å². The second kappa shape index (κ2) is 7.37. The number of aryl methyl sites for hydroxylation is 1. The van der Waals surface area contributed by atoms with Crippen molar-refractivity contribution in [1.29, 1.82) is 0 Å². The van der Waals surface area contributed by atoms with Gasteiger partial charge in [0.25, 0.3) is 0 Å². The maximum absolute atomic E-state index is 6.05. The highest BCUT2D eigenvalue weighted by Gasteiger charge is 2.13. The first-order valence-electron chi connectivity index (χ1n) is 7.90.